The van der Waals surface area contributed by atoms with Crippen LogP contribution in [0.15, 0.2) is 28.8 Å². The average Bonchev–Trinajstić information content (AvgIpc) is 2.88. The van der Waals surface area contributed by atoms with Crippen LogP contribution in [-0.2, 0) is 13.0 Å². The minimum atomic E-state index is 0.550. The lowest BCUT2D eigenvalue weighted by atomic mass is 10.1. The van der Waals surface area contributed by atoms with E-state index in [1.54, 1.807) is 0 Å². The molecule has 0 fully saturated rings. The highest BCUT2D eigenvalue weighted by Gasteiger charge is 2.07. The number of aromatic nitrogens is 2. The van der Waals surface area contributed by atoms with Gasteiger partial charge in [0.05, 0.1) is 0 Å². The first kappa shape index (κ1) is 12.8. The molecule has 0 amide bonds. The van der Waals surface area contributed by atoms with Gasteiger partial charge in [0, 0.05) is 18.5 Å². The van der Waals surface area contributed by atoms with E-state index in [1.807, 2.05) is 24.3 Å². The molecule has 1 aromatic heterocycles. The first-order valence-electron chi connectivity index (χ1n) is 6.45. The second-order valence-electron chi connectivity index (χ2n) is 4.37. The van der Waals surface area contributed by atoms with Gasteiger partial charge in [0.25, 0.3) is 0 Å². The lowest BCUT2D eigenvalue weighted by molar-refractivity contribution is 0.374. The zero-order valence-corrected chi connectivity index (χ0v) is 10.7. The van der Waals surface area contributed by atoms with Gasteiger partial charge in [-0.2, -0.15) is 4.98 Å². The van der Waals surface area contributed by atoms with Crippen molar-refractivity contribution in [2.24, 2.45) is 5.73 Å². The van der Waals surface area contributed by atoms with E-state index < -0.39 is 0 Å². The highest BCUT2D eigenvalue weighted by Crippen LogP contribution is 2.17. The van der Waals surface area contributed by atoms with E-state index in [-0.39, 0.29) is 0 Å². The molecule has 2 rings (SSSR count). The number of hydrogen-bond donors (Lipinski definition) is 1. The van der Waals surface area contributed by atoms with E-state index in [1.165, 1.54) is 12.8 Å². The third kappa shape index (κ3) is 3.17. The molecule has 2 N–H and O–H groups in total. The van der Waals surface area contributed by atoms with E-state index in [2.05, 4.69) is 17.1 Å². The molecule has 4 nitrogen and oxygen atoms in total. The van der Waals surface area contributed by atoms with Gasteiger partial charge in [-0.05, 0) is 12.0 Å². The quantitative estimate of drug-likeness (QED) is 0.795. The van der Waals surface area contributed by atoms with Crippen molar-refractivity contribution in [3.8, 4) is 11.4 Å². The smallest absolute Gasteiger partial charge is 0.226 e. The van der Waals surface area contributed by atoms with Gasteiger partial charge < -0.3 is 10.3 Å². The molecule has 0 unspecified atom stereocenters. The number of benzene rings is 1. The molecule has 0 saturated heterocycles. The third-order valence-electron chi connectivity index (χ3n) is 2.91. The molecule has 2 aromatic rings. The van der Waals surface area contributed by atoms with Crippen LogP contribution in [0.2, 0.25) is 0 Å². The van der Waals surface area contributed by atoms with Gasteiger partial charge in [0.2, 0.25) is 11.7 Å². The molecule has 0 saturated carbocycles. The molecule has 0 bridgehead atoms. The lowest BCUT2D eigenvalue weighted by Gasteiger charge is -1.97. The number of nitrogens with two attached hydrogens (primary N) is 1. The molecule has 18 heavy (non-hydrogen) atoms. The van der Waals surface area contributed by atoms with E-state index >= 15 is 0 Å². The van der Waals surface area contributed by atoms with Crippen LogP contribution in [0.1, 0.15) is 37.6 Å². The normalized spacial score (nSPS) is 10.8. The highest BCUT2D eigenvalue weighted by atomic mass is 16.5. The molecule has 0 aliphatic rings. The summed E-state index contributed by atoms with van der Waals surface area (Å²) in [4.78, 5) is 4.40. The topological polar surface area (TPSA) is 64.9 Å². The van der Waals surface area contributed by atoms with Gasteiger partial charge in [-0.25, -0.2) is 0 Å². The molecular weight excluding hydrogens is 226 g/mol. The van der Waals surface area contributed by atoms with Crippen molar-refractivity contribution in [1.82, 2.24) is 10.1 Å². The van der Waals surface area contributed by atoms with Crippen LogP contribution in [0.5, 0.6) is 0 Å². The van der Waals surface area contributed by atoms with Gasteiger partial charge in [-0.15, -0.1) is 0 Å². The van der Waals surface area contributed by atoms with Crippen LogP contribution in [-0.4, -0.2) is 10.1 Å². The Labute approximate surface area is 107 Å². The number of hydrogen-bond acceptors (Lipinski definition) is 4. The second-order valence-corrected chi connectivity index (χ2v) is 4.37. The predicted molar refractivity (Wildman–Crippen MR) is 70.9 cm³/mol. The third-order valence-corrected chi connectivity index (χ3v) is 2.91. The van der Waals surface area contributed by atoms with E-state index in [9.17, 15) is 0 Å². The summed E-state index contributed by atoms with van der Waals surface area (Å²) in [6, 6.07) is 7.93. The Kier molecular flexibility index (Phi) is 4.47. The number of rotatable bonds is 6. The maximum absolute atomic E-state index is 5.56. The van der Waals surface area contributed by atoms with Crippen molar-refractivity contribution < 1.29 is 4.52 Å². The monoisotopic (exact) mass is 245 g/mol. The van der Waals surface area contributed by atoms with Gasteiger partial charge in [0.15, 0.2) is 0 Å². The molecule has 0 aliphatic carbocycles. The molecule has 1 aromatic carbocycles. The fourth-order valence-electron chi connectivity index (χ4n) is 1.79. The predicted octanol–water partition coefficient (Wildman–Crippen LogP) is 2.93. The Morgan fingerprint density at radius 1 is 1.17 bits per heavy atom. The SMILES string of the molecule is CCCCCc1nc(-c2ccc(CN)cc2)no1. The largest absolute Gasteiger partial charge is 0.339 e. The van der Waals surface area contributed by atoms with Crippen molar-refractivity contribution in [3.63, 3.8) is 0 Å². The first-order chi connectivity index (χ1) is 8.83. The summed E-state index contributed by atoms with van der Waals surface area (Å²) >= 11 is 0. The Balaban J connectivity index is 2.04. The van der Waals surface area contributed by atoms with Crippen LogP contribution in [0, 0.1) is 0 Å². The molecule has 0 aliphatic heterocycles. The molecule has 4 heteroatoms. The minimum Gasteiger partial charge on any atom is -0.339 e. The van der Waals surface area contributed by atoms with E-state index in [4.69, 9.17) is 10.3 Å². The summed E-state index contributed by atoms with van der Waals surface area (Å²) in [5, 5.41) is 4.00. The summed E-state index contributed by atoms with van der Waals surface area (Å²) in [5.74, 6) is 1.38. The molecule has 0 atom stereocenters. The zero-order valence-electron chi connectivity index (χ0n) is 10.7. The second kappa shape index (κ2) is 6.31. The minimum absolute atomic E-state index is 0.550. The molecule has 96 valence electrons. The first-order valence-corrected chi connectivity index (χ1v) is 6.45. The van der Waals surface area contributed by atoms with Crippen LogP contribution >= 0.6 is 0 Å². The van der Waals surface area contributed by atoms with Crippen LogP contribution in [0.3, 0.4) is 0 Å². The van der Waals surface area contributed by atoms with Gasteiger partial charge in [0.1, 0.15) is 0 Å². The Hall–Kier alpha value is -1.68. The summed E-state index contributed by atoms with van der Waals surface area (Å²) < 4.78 is 5.24. The number of aryl methyl sites for hydroxylation is 1. The van der Waals surface area contributed by atoms with E-state index in [0.29, 0.717) is 12.4 Å². The summed E-state index contributed by atoms with van der Waals surface area (Å²) in [6.07, 6.45) is 4.36. The molecule has 0 spiro atoms. The number of nitrogens with zero attached hydrogens (tertiary/aromatic N) is 2. The van der Waals surface area contributed by atoms with Gasteiger partial charge in [-0.3, -0.25) is 0 Å². The van der Waals surface area contributed by atoms with Crippen LogP contribution in [0.4, 0.5) is 0 Å². The Bertz CT molecular complexity index is 476. The molecule has 0 radical (unpaired) electrons. The standard InChI is InChI=1S/C14H19N3O/c1-2-3-4-5-13-16-14(17-18-13)12-8-6-11(10-15)7-9-12/h6-9H,2-5,10,15H2,1H3. The Morgan fingerprint density at radius 3 is 2.61 bits per heavy atom. The van der Waals surface area contributed by atoms with Crippen molar-refractivity contribution >= 4 is 0 Å². The fourth-order valence-corrected chi connectivity index (χ4v) is 1.79. The van der Waals surface area contributed by atoms with Gasteiger partial charge in [-0.1, -0.05) is 49.2 Å². The lowest BCUT2D eigenvalue weighted by Crippen LogP contribution is -1.95. The summed E-state index contributed by atoms with van der Waals surface area (Å²) in [6.45, 7) is 2.73. The van der Waals surface area contributed by atoms with Gasteiger partial charge >= 0.3 is 0 Å². The van der Waals surface area contributed by atoms with Crippen LogP contribution < -0.4 is 5.73 Å². The Morgan fingerprint density at radius 2 is 1.94 bits per heavy atom. The molecule has 1 heterocycles. The zero-order chi connectivity index (χ0) is 12.8. The summed E-state index contributed by atoms with van der Waals surface area (Å²) in [7, 11) is 0. The summed E-state index contributed by atoms with van der Waals surface area (Å²) in [5.41, 5.74) is 7.63. The van der Waals surface area contributed by atoms with Crippen LogP contribution in [0.25, 0.3) is 11.4 Å². The number of unbranched alkanes of at least 4 members (excludes halogenated alkanes) is 2. The van der Waals surface area contributed by atoms with Crippen molar-refractivity contribution in [2.45, 2.75) is 39.2 Å². The average molecular weight is 245 g/mol. The highest BCUT2D eigenvalue weighted by molar-refractivity contribution is 5.54. The van der Waals surface area contributed by atoms with Crippen molar-refractivity contribution in [1.29, 1.82) is 0 Å². The fraction of sp³-hybridized carbons (Fsp3) is 0.429. The maximum atomic E-state index is 5.56. The van der Waals surface area contributed by atoms with Crippen molar-refractivity contribution in [3.05, 3.63) is 35.7 Å². The van der Waals surface area contributed by atoms with Crippen molar-refractivity contribution in [2.75, 3.05) is 0 Å². The maximum Gasteiger partial charge on any atom is 0.226 e. The van der Waals surface area contributed by atoms with E-state index in [0.717, 1.165) is 29.9 Å². The molecular formula is C14H19N3O.